The maximum atomic E-state index is 13.1. The molecule has 2 N–H and O–H groups in total. The topological polar surface area (TPSA) is 118 Å². The molecule has 0 saturated carbocycles. The predicted octanol–water partition coefficient (Wildman–Crippen LogP) is 0.715. The normalized spacial score (nSPS) is 10.7. The van der Waals surface area contributed by atoms with Gasteiger partial charge >= 0.3 is 0 Å². The second-order valence-corrected chi connectivity index (χ2v) is 5.42. The van der Waals surface area contributed by atoms with Crippen LogP contribution in [0, 0.1) is 6.54 Å². The molecule has 8 nitrogen and oxygen atoms in total. The molecule has 0 aliphatic carbocycles. The fraction of sp³-hybridized carbons (Fsp3) is 0.167. The molecule has 2 amide bonds. The zero-order chi connectivity index (χ0) is 19.2. The van der Waals surface area contributed by atoms with Crippen molar-refractivity contribution in [2.45, 2.75) is 19.4 Å². The molecule has 2 rings (SSSR count). The summed E-state index contributed by atoms with van der Waals surface area (Å²) in [5.41, 5.74) is -2.28. The highest BCUT2D eigenvalue weighted by molar-refractivity contribution is 6.25. The van der Waals surface area contributed by atoms with Crippen molar-refractivity contribution < 1.29 is 19.2 Å². The summed E-state index contributed by atoms with van der Waals surface area (Å²) >= 11 is 0. The van der Waals surface area contributed by atoms with Crippen LogP contribution >= 0.6 is 0 Å². The van der Waals surface area contributed by atoms with Crippen LogP contribution in [0.4, 0.5) is 0 Å². The molecular formula is C18H17N4O4. The maximum Gasteiger partial charge on any atom is 0.218 e. The van der Waals surface area contributed by atoms with Crippen LogP contribution in [0.2, 0.25) is 0 Å². The Morgan fingerprint density at radius 1 is 0.846 bits per heavy atom. The van der Waals surface area contributed by atoms with Gasteiger partial charge in [0.2, 0.25) is 23.4 Å². The van der Waals surface area contributed by atoms with Gasteiger partial charge in [-0.3, -0.25) is 29.1 Å². The molecule has 133 valence electrons. The first-order chi connectivity index (χ1) is 12.4. The molecule has 0 spiro atoms. The lowest BCUT2D eigenvalue weighted by Crippen LogP contribution is -2.62. The van der Waals surface area contributed by atoms with E-state index in [-0.39, 0.29) is 11.4 Å². The van der Waals surface area contributed by atoms with Crippen molar-refractivity contribution in [1.82, 2.24) is 20.6 Å². The van der Waals surface area contributed by atoms with E-state index in [1.807, 2.05) is 0 Å². The van der Waals surface area contributed by atoms with E-state index >= 15 is 0 Å². The fourth-order valence-corrected chi connectivity index (χ4v) is 2.27. The maximum absolute atomic E-state index is 13.1. The van der Waals surface area contributed by atoms with Crippen molar-refractivity contribution in [3.63, 3.8) is 0 Å². The van der Waals surface area contributed by atoms with E-state index in [0.717, 1.165) is 13.5 Å². The van der Waals surface area contributed by atoms with Crippen LogP contribution in [-0.4, -0.2) is 38.9 Å². The second kappa shape index (κ2) is 8.11. The smallest absolute Gasteiger partial charge is 0.218 e. The van der Waals surface area contributed by atoms with Gasteiger partial charge in [-0.25, -0.2) is 0 Å². The van der Waals surface area contributed by atoms with Crippen molar-refractivity contribution in [2.75, 3.05) is 0 Å². The summed E-state index contributed by atoms with van der Waals surface area (Å²) < 4.78 is 0. The number of carbonyl (C=O) groups is 4. The minimum Gasteiger partial charge on any atom is -0.348 e. The fourth-order valence-electron chi connectivity index (χ4n) is 2.27. The number of aromatic nitrogens is 2. The van der Waals surface area contributed by atoms with E-state index in [2.05, 4.69) is 20.6 Å². The van der Waals surface area contributed by atoms with Gasteiger partial charge in [-0.05, 0) is 24.3 Å². The number of pyridine rings is 2. The SMILES string of the molecule is CC(=O)N[CH]C(NC(C)=O)(C(=O)c1ccccn1)C(=O)c1ccccn1. The standard InChI is InChI=1S/C18H17N4O4/c1-12(23)21-11-18(22-13(2)24,16(25)14-7-3-5-9-19-14)17(26)15-8-4-6-10-20-15/h3-11H,1-2H3,(H,21,23)(H,22,24). The van der Waals surface area contributed by atoms with Crippen molar-refractivity contribution >= 4 is 23.4 Å². The number of ketones is 2. The molecular weight excluding hydrogens is 336 g/mol. The Morgan fingerprint density at radius 3 is 1.69 bits per heavy atom. The quantitative estimate of drug-likeness (QED) is 0.559. The lowest BCUT2D eigenvalue weighted by atomic mass is 9.84. The molecule has 2 heterocycles. The van der Waals surface area contributed by atoms with Gasteiger partial charge in [0.25, 0.3) is 0 Å². The molecule has 0 saturated heterocycles. The third-order valence-corrected chi connectivity index (χ3v) is 3.38. The van der Waals surface area contributed by atoms with Crippen molar-refractivity contribution in [3.8, 4) is 0 Å². The van der Waals surface area contributed by atoms with Gasteiger partial charge in [0.05, 0.1) is 6.54 Å². The zero-order valence-electron chi connectivity index (χ0n) is 14.2. The van der Waals surface area contributed by atoms with Crippen molar-refractivity contribution in [1.29, 1.82) is 0 Å². The van der Waals surface area contributed by atoms with Crippen LogP contribution in [0.1, 0.15) is 34.8 Å². The highest BCUT2D eigenvalue weighted by Gasteiger charge is 2.49. The summed E-state index contributed by atoms with van der Waals surface area (Å²) in [7, 11) is 0. The van der Waals surface area contributed by atoms with Crippen molar-refractivity contribution in [3.05, 3.63) is 66.7 Å². The molecule has 1 radical (unpaired) electrons. The van der Waals surface area contributed by atoms with Crippen molar-refractivity contribution in [2.24, 2.45) is 0 Å². The lowest BCUT2D eigenvalue weighted by molar-refractivity contribution is -0.121. The highest BCUT2D eigenvalue weighted by atomic mass is 16.2. The summed E-state index contributed by atoms with van der Waals surface area (Å²) in [6.45, 7) is 3.34. The van der Waals surface area contributed by atoms with Crippen LogP contribution in [0.3, 0.4) is 0 Å². The average molecular weight is 353 g/mol. The summed E-state index contributed by atoms with van der Waals surface area (Å²) in [6, 6.07) is 9.17. The molecule has 26 heavy (non-hydrogen) atoms. The Balaban J connectivity index is 2.59. The van der Waals surface area contributed by atoms with E-state index in [1.54, 1.807) is 24.3 Å². The van der Waals surface area contributed by atoms with E-state index in [1.165, 1.54) is 31.5 Å². The highest BCUT2D eigenvalue weighted by Crippen LogP contribution is 2.20. The number of carbonyl (C=O) groups excluding carboxylic acids is 4. The van der Waals surface area contributed by atoms with Gasteiger partial charge < -0.3 is 10.6 Å². The van der Waals surface area contributed by atoms with Gasteiger partial charge in [-0.1, -0.05) is 12.1 Å². The molecule has 2 aromatic rings. The van der Waals surface area contributed by atoms with E-state index in [4.69, 9.17) is 0 Å². The minimum atomic E-state index is -2.18. The van der Waals surface area contributed by atoms with Crippen LogP contribution in [-0.2, 0) is 9.59 Å². The van der Waals surface area contributed by atoms with Gasteiger partial charge in [0, 0.05) is 26.2 Å². The van der Waals surface area contributed by atoms with Gasteiger partial charge in [0.15, 0.2) is 5.54 Å². The molecule has 0 unspecified atom stereocenters. The van der Waals surface area contributed by atoms with Gasteiger partial charge in [-0.15, -0.1) is 0 Å². The van der Waals surface area contributed by atoms with Crippen LogP contribution in [0.5, 0.6) is 0 Å². The first-order valence-corrected chi connectivity index (χ1v) is 7.68. The molecule has 2 aromatic heterocycles. The Kier molecular flexibility index (Phi) is 5.90. The van der Waals surface area contributed by atoms with E-state index in [0.29, 0.717) is 0 Å². The number of nitrogens with zero attached hydrogens (tertiary/aromatic N) is 2. The lowest BCUT2D eigenvalue weighted by Gasteiger charge is -2.30. The van der Waals surface area contributed by atoms with E-state index < -0.39 is 28.9 Å². The molecule has 0 bridgehead atoms. The number of nitrogens with one attached hydrogen (secondary N) is 2. The van der Waals surface area contributed by atoms with Gasteiger partial charge in [-0.2, -0.15) is 0 Å². The zero-order valence-corrected chi connectivity index (χ0v) is 14.2. The monoisotopic (exact) mass is 353 g/mol. The third kappa shape index (κ3) is 4.15. The molecule has 0 aliphatic rings. The first-order valence-electron chi connectivity index (χ1n) is 7.68. The van der Waals surface area contributed by atoms with Gasteiger partial charge in [0.1, 0.15) is 11.4 Å². The second-order valence-electron chi connectivity index (χ2n) is 5.42. The Morgan fingerprint density at radius 2 is 1.35 bits per heavy atom. The summed E-state index contributed by atoms with van der Waals surface area (Å²) in [4.78, 5) is 57.3. The van der Waals surface area contributed by atoms with Crippen LogP contribution in [0.25, 0.3) is 0 Å². The molecule has 0 aliphatic heterocycles. The molecule has 0 fully saturated rings. The Labute approximate surface area is 150 Å². The predicted molar refractivity (Wildman–Crippen MR) is 91.8 cm³/mol. The minimum absolute atomic E-state index is 0.0490. The summed E-state index contributed by atoms with van der Waals surface area (Å²) in [5, 5.41) is 4.67. The molecule has 0 aromatic carbocycles. The number of hydrogen-bond donors (Lipinski definition) is 2. The average Bonchev–Trinajstić information content (AvgIpc) is 2.65. The first kappa shape index (κ1) is 18.9. The number of Topliss-reactive ketones (excluding diaryl/α,β-unsaturated/α-hetero) is 2. The Bertz CT molecular complexity index is 770. The molecule has 0 atom stereocenters. The summed E-state index contributed by atoms with van der Waals surface area (Å²) in [6.07, 6.45) is 2.77. The number of amides is 2. The van der Waals surface area contributed by atoms with E-state index in [9.17, 15) is 19.2 Å². The summed E-state index contributed by atoms with van der Waals surface area (Å²) in [5.74, 6) is -2.74. The largest absolute Gasteiger partial charge is 0.348 e. The third-order valence-electron chi connectivity index (χ3n) is 3.38. The molecule has 8 heteroatoms. The number of rotatable bonds is 7. The Hall–Kier alpha value is -3.42. The number of hydrogen-bond acceptors (Lipinski definition) is 6. The van der Waals surface area contributed by atoms with Crippen LogP contribution in [0.15, 0.2) is 48.8 Å². The van der Waals surface area contributed by atoms with Crippen LogP contribution < -0.4 is 10.6 Å².